The van der Waals surface area contributed by atoms with Gasteiger partial charge >= 0.3 is 12.0 Å². The minimum absolute atomic E-state index is 0.0737. The summed E-state index contributed by atoms with van der Waals surface area (Å²) in [5.74, 6) is -0.715. The van der Waals surface area contributed by atoms with Gasteiger partial charge in [-0.1, -0.05) is 0 Å². The van der Waals surface area contributed by atoms with Crippen LogP contribution in [0.15, 0.2) is 0 Å². The van der Waals surface area contributed by atoms with Crippen molar-refractivity contribution in [2.75, 3.05) is 26.3 Å². The molecule has 0 radical (unpaired) electrons. The molecule has 2 rings (SSSR count). The quantitative estimate of drug-likeness (QED) is 0.803. The summed E-state index contributed by atoms with van der Waals surface area (Å²) in [6, 6.07) is -0.0944. The molecule has 0 aromatic heterocycles. The second-order valence-corrected chi connectivity index (χ2v) is 5.85. The number of nitrogens with one attached hydrogen (secondary N) is 1. The third-order valence-electron chi connectivity index (χ3n) is 3.90. The first kappa shape index (κ1) is 14.1. The van der Waals surface area contributed by atoms with Crippen LogP contribution in [0, 0.1) is 5.92 Å². The molecule has 0 spiro atoms. The number of piperidine rings is 1. The Balaban J connectivity index is 1.86. The normalized spacial score (nSPS) is 31.2. The molecule has 2 heterocycles. The molecule has 2 aliphatic heterocycles. The molecule has 0 aliphatic carbocycles. The predicted molar refractivity (Wildman–Crippen MR) is 68.9 cm³/mol. The molecule has 2 amide bonds. The third kappa shape index (κ3) is 3.83. The van der Waals surface area contributed by atoms with Gasteiger partial charge in [-0.05, 0) is 32.1 Å². The van der Waals surface area contributed by atoms with Gasteiger partial charge in [0, 0.05) is 26.1 Å². The van der Waals surface area contributed by atoms with E-state index in [9.17, 15) is 9.59 Å². The number of hydrogen-bond acceptors (Lipinski definition) is 3. The van der Waals surface area contributed by atoms with Gasteiger partial charge in [0.25, 0.3) is 0 Å². The van der Waals surface area contributed by atoms with Gasteiger partial charge in [-0.2, -0.15) is 0 Å². The zero-order chi connectivity index (χ0) is 13.9. The highest BCUT2D eigenvalue weighted by Gasteiger charge is 2.34. The number of likely N-dealkylation sites (tertiary alicyclic amines) is 1. The van der Waals surface area contributed by atoms with E-state index in [4.69, 9.17) is 9.84 Å². The van der Waals surface area contributed by atoms with E-state index in [1.807, 2.05) is 6.92 Å². The van der Waals surface area contributed by atoms with Crippen LogP contribution in [-0.4, -0.2) is 53.8 Å². The van der Waals surface area contributed by atoms with Gasteiger partial charge in [-0.25, -0.2) is 4.79 Å². The molecule has 2 fully saturated rings. The number of nitrogens with zero attached hydrogens (tertiary/aromatic N) is 1. The number of carbonyl (C=O) groups excluding carboxylic acids is 1. The van der Waals surface area contributed by atoms with Gasteiger partial charge in [0.15, 0.2) is 0 Å². The zero-order valence-electron chi connectivity index (χ0n) is 11.4. The molecule has 108 valence electrons. The number of amides is 2. The van der Waals surface area contributed by atoms with Crippen LogP contribution in [0.3, 0.4) is 0 Å². The van der Waals surface area contributed by atoms with E-state index in [-0.39, 0.29) is 23.9 Å². The van der Waals surface area contributed by atoms with Crippen LogP contribution >= 0.6 is 0 Å². The Hall–Kier alpha value is -1.30. The number of aliphatic carboxylic acids is 1. The summed E-state index contributed by atoms with van der Waals surface area (Å²) in [5, 5.41) is 11.8. The van der Waals surface area contributed by atoms with Gasteiger partial charge in [-0.3, -0.25) is 4.79 Å². The second kappa shape index (κ2) is 5.77. The van der Waals surface area contributed by atoms with Crippen LogP contribution in [0.5, 0.6) is 0 Å². The zero-order valence-corrected chi connectivity index (χ0v) is 11.4. The van der Waals surface area contributed by atoms with Crippen molar-refractivity contribution in [3.8, 4) is 0 Å². The summed E-state index contributed by atoms with van der Waals surface area (Å²) in [4.78, 5) is 24.7. The van der Waals surface area contributed by atoms with Crippen LogP contribution in [-0.2, 0) is 9.53 Å². The van der Waals surface area contributed by atoms with Gasteiger partial charge < -0.3 is 20.1 Å². The van der Waals surface area contributed by atoms with Crippen LogP contribution in [0.1, 0.15) is 32.6 Å². The van der Waals surface area contributed by atoms with E-state index in [0.29, 0.717) is 26.3 Å². The van der Waals surface area contributed by atoms with E-state index >= 15 is 0 Å². The predicted octanol–water partition coefficient (Wildman–Crippen LogP) is 1.06. The first-order valence-corrected chi connectivity index (χ1v) is 6.85. The summed E-state index contributed by atoms with van der Waals surface area (Å²) < 4.78 is 5.31. The molecule has 0 saturated carbocycles. The number of urea groups is 1. The molecular formula is C13H22N2O4. The monoisotopic (exact) mass is 270 g/mol. The molecule has 2 N–H and O–H groups in total. The Labute approximate surface area is 113 Å². The maximum Gasteiger partial charge on any atom is 0.317 e. The fraction of sp³-hybridized carbons (Fsp3) is 0.846. The van der Waals surface area contributed by atoms with Crippen molar-refractivity contribution in [3.63, 3.8) is 0 Å². The number of ether oxygens (including phenoxy) is 1. The lowest BCUT2D eigenvalue weighted by atomic mass is 9.95. The summed E-state index contributed by atoms with van der Waals surface area (Å²) in [7, 11) is 0. The molecule has 2 unspecified atom stereocenters. The number of carboxylic acids is 1. The highest BCUT2D eigenvalue weighted by molar-refractivity contribution is 5.75. The maximum atomic E-state index is 12.2. The smallest absolute Gasteiger partial charge is 0.317 e. The number of carboxylic acid groups (broad SMARTS) is 1. The van der Waals surface area contributed by atoms with Crippen molar-refractivity contribution in [3.05, 3.63) is 0 Å². The molecule has 2 saturated heterocycles. The molecule has 0 aromatic rings. The second-order valence-electron chi connectivity index (χ2n) is 5.85. The lowest BCUT2D eigenvalue weighted by molar-refractivity contribution is -0.138. The summed E-state index contributed by atoms with van der Waals surface area (Å²) in [6.07, 6.45) is 2.73. The molecule has 2 atom stereocenters. The van der Waals surface area contributed by atoms with Gasteiger partial charge in [0.2, 0.25) is 0 Å². The highest BCUT2D eigenvalue weighted by atomic mass is 16.5. The SMILES string of the molecule is CC1(NC(=O)N2CCCC(CC(=O)O)C2)CCOC1. The highest BCUT2D eigenvalue weighted by Crippen LogP contribution is 2.22. The van der Waals surface area contributed by atoms with Crippen molar-refractivity contribution >= 4 is 12.0 Å². The van der Waals surface area contributed by atoms with Crippen molar-refractivity contribution in [1.82, 2.24) is 10.2 Å². The van der Waals surface area contributed by atoms with Crippen LogP contribution < -0.4 is 5.32 Å². The Kier molecular flexibility index (Phi) is 4.29. The summed E-state index contributed by atoms with van der Waals surface area (Å²) in [5.41, 5.74) is -0.281. The van der Waals surface area contributed by atoms with Crippen LogP contribution in [0.2, 0.25) is 0 Å². The summed E-state index contributed by atoms with van der Waals surface area (Å²) >= 11 is 0. The first-order valence-electron chi connectivity index (χ1n) is 6.85. The lowest BCUT2D eigenvalue weighted by Gasteiger charge is -2.35. The third-order valence-corrected chi connectivity index (χ3v) is 3.90. The van der Waals surface area contributed by atoms with E-state index in [1.54, 1.807) is 4.90 Å². The fourth-order valence-electron chi connectivity index (χ4n) is 2.77. The van der Waals surface area contributed by atoms with E-state index in [0.717, 1.165) is 19.3 Å². The van der Waals surface area contributed by atoms with Crippen LogP contribution in [0.25, 0.3) is 0 Å². The van der Waals surface area contributed by atoms with Crippen LogP contribution in [0.4, 0.5) is 4.79 Å². The largest absolute Gasteiger partial charge is 0.481 e. The van der Waals surface area contributed by atoms with E-state index < -0.39 is 5.97 Å². The summed E-state index contributed by atoms with van der Waals surface area (Å²) in [6.45, 7) is 4.45. The average Bonchev–Trinajstić information content (AvgIpc) is 2.75. The molecular weight excluding hydrogens is 248 g/mol. The van der Waals surface area contributed by atoms with Gasteiger partial charge in [0.1, 0.15) is 0 Å². The van der Waals surface area contributed by atoms with E-state index in [2.05, 4.69) is 5.32 Å². The van der Waals surface area contributed by atoms with Gasteiger partial charge in [-0.15, -0.1) is 0 Å². The standard InChI is InChI=1S/C13H22N2O4/c1-13(4-6-19-9-13)14-12(18)15-5-2-3-10(8-15)7-11(16)17/h10H,2-9H2,1H3,(H,14,18)(H,16,17). The minimum atomic E-state index is -0.789. The van der Waals surface area contributed by atoms with Gasteiger partial charge in [0.05, 0.1) is 12.1 Å². The Morgan fingerprint density at radius 1 is 1.53 bits per heavy atom. The van der Waals surface area contributed by atoms with E-state index in [1.165, 1.54) is 0 Å². The molecule has 6 nitrogen and oxygen atoms in total. The molecule has 0 aromatic carbocycles. The maximum absolute atomic E-state index is 12.2. The number of carbonyl (C=O) groups is 2. The molecule has 19 heavy (non-hydrogen) atoms. The van der Waals surface area contributed by atoms with Crippen molar-refractivity contribution in [1.29, 1.82) is 0 Å². The Morgan fingerprint density at radius 2 is 2.32 bits per heavy atom. The van der Waals surface area contributed by atoms with Crippen molar-refractivity contribution in [2.45, 2.75) is 38.1 Å². The number of rotatable bonds is 3. The average molecular weight is 270 g/mol. The van der Waals surface area contributed by atoms with Crippen molar-refractivity contribution < 1.29 is 19.4 Å². The topological polar surface area (TPSA) is 78.9 Å². The lowest BCUT2D eigenvalue weighted by Crippen LogP contribution is -2.54. The number of hydrogen-bond donors (Lipinski definition) is 2. The first-order chi connectivity index (χ1) is 8.98. The molecule has 6 heteroatoms. The molecule has 0 bridgehead atoms. The Morgan fingerprint density at radius 3 is 2.95 bits per heavy atom. The molecule has 2 aliphatic rings. The minimum Gasteiger partial charge on any atom is -0.481 e. The Bertz CT molecular complexity index is 353. The fourth-order valence-corrected chi connectivity index (χ4v) is 2.77. The van der Waals surface area contributed by atoms with Crippen molar-refractivity contribution in [2.24, 2.45) is 5.92 Å².